The van der Waals surface area contributed by atoms with Gasteiger partial charge in [-0.25, -0.2) is 17.6 Å². The molecule has 0 aliphatic heterocycles. The van der Waals surface area contributed by atoms with E-state index in [2.05, 4.69) is 10.6 Å². The highest BCUT2D eigenvalue weighted by Crippen LogP contribution is 2.34. The topological polar surface area (TPSA) is 98.7 Å². The molecule has 0 saturated carbocycles. The number of aromatic nitrogens is 1. The van der Waals surface area contributed by atoms with Gasteiger partial charge in [-0.1, -0.05) is 36.4 Å². The molecule has 0 aliphatic carbocycles. The predicted molar refractivity (Wildman–Crippen MR) is 141 cm³/mol. The first-order valence-corrected chi connectivity index (χ1v) is 13.2. The number of benzene rings is 3. The fraction of sp³-hybridized carbons (Fsp3) is 0.222. The largest absolute Gasteiger partial charge is 0.494 e. The maximum atomic E-state index is 13.4. The van der Waals surface area contributed by atoms with Crippen LogP contribution in [0, 0.1) is 12.7 Å². The van der Waals surface area contributed by atoms with Gasteiger partial charge in [0.25, 0.3) is 0 Å². The summed E-state index contributed by atoms with van der Waals surface area (Å²) in [5.74, 6) is 0.190. The summed E-state index contributed by atoms with van der Waals surface area (Å²) < 4.78 is 52.7. The average Bonchev–Trinajstić information content (AvgIpc) is 3.17. The maximum Gasteiger partial charge on any atom is 0.319 e. The van der Waals surface area contributed by atoms with Gasteiger partial charge < -0.3 is 24.7 Å². The van der Waals surface area contributed by atoms with Crippen LogP contribution in [0.15, 0.2) is 71.6 Å². The van der Waals surface area contributed by atoms with Crippen molar-refractivity contribution in [2.45, 2.75) is 18.4 Å². The minimum atomic E-state index is -3.76. The number of carbonyl (C=O) groups is 1. The molecule has 0 spiro atoms. The highest BCUT2D eigenvalue weighted by Gasteiger charge is 2.25. The third-order valence-electron chi connectivity index (χ3n) is 6.06. The zero-order chi connectivity index (χ0) is 26.6. The summed E-state index contributed by atoms with van der Waals surface area (Å²) in [5.41, 5.74) is 2.53. The normalized spacial score (nSPS) is 11.4. The first-order valence-electron chi connectivity index (χ1n) is 11.6. The van der Waals surface area contributed by atoms with Crippen LogP contribution in [-0.4, -0.2) is 45.5 Å². The van der Waals surface area contributed by atoms with E-state index in [-0.39, 0.29) is 23.0 Å². The van der Waals surface area contributed by atoms with E-state index in [1.54, 1.807) is 49.4 Å². The molecule has 4 aromatic rings. The number of anilines is 1. The fourth-order valence-corrected chi connectivity index (χ4v) is 5.94. The standard InChI is InChI=1S/C27H28FN3O5S/c1-18-26(21-7-4-5-8-22(21)31(18)17-19-11-13-20(28)14-12-19)37(33,34)16-15-29-27(32)30-25-23(35-2)9-6-10-24(25)36-3/h4-14H,15-17H2,1-3H3,(H2,29,30,32). The van der Waals surface area contributed by atoms with E-state index in [0.717, 1.165) is 11.1 Å². The van der Waals surface area contributed by atoms with Gasteiger partial charge in [0.1, 0.15) is 23.0 Å². The molecule has 2 amide bonds. The van der Waals surface area contributed by atoms with Crippen LogP contribution in [0.5, 0.6) is 11.5 Å². The molecule has 0 atom stereocenters. The van der Waals surface area contributed by atoms with Crippen LogP contribution in [0.4, 0.5) is 14.9 Å². The third kappa shape index (κ3) is 5.54. The maximum absolute atomic E-state index is 13.4. The molecule has 0 aliphatic rings. The Kier molecular flexibility index (Phi) is 7.68. The summed E-state index contributed by atoms with van der Waals surface area (Å²) in [6.45, 7) is 2.04. The Balaban J connectivity index is 1.52. The van der Waals surface area contributed by atoms with Crippen molar-refractivity contribution in [1.29, 1.82) is 0 Å². The van der Waals surface area contributed by atoms with Gasteiger partial charge in [0.05, 0.1) is 24.9 Å². The lowest BCUT2D eigenvalue weighted by Gasteiger charge is -2.14. The van der Waals surface area contributed by atoms with E-state index in [1.165, 1.54) is 26.4 Å². The second-order valence-electron chi connectivity index (χ2n) is 8.38. The van der Waals surface area contributed by atoms with Crippen molar-refractivity contribution in [3.05, 3.63) is 83.8 Å². The van der Waals surface area contributed by atoms with Gasteiger partial charge in [0, 0.05) is 29.7 Å². The SMILES string of the molecule is COc1cccc(OC)c1NC(=O)NCCS(=O)(=O)c1c(C)n(Cc2ccc(F)cc2)c2ccccc12. The van der Waals surface area contributed by atoms with Gasteiger partial charge >= 0.3 is 6.03 Å². The molecule has 1 aromatic heterocycles. The van der Waals surface area contributed by atoms with Crippen LogP contribution < -0.4 is 20.1 Å². The summed E-state index contributed by atoms with van der Waals surface area (Å²) >= 11 is 0. The summed E-state index contributed by atoms with van der Waals surface area (Å²) in [4.78, 5) is 12.7. The highest BCUT2D eigenvalue weighted by atomic mass is 32.2. The van der Waals surface area contributed by atoms with E-state index in [0.29, 0.717) is 34.8 Å². The molecular weight excluding hydrogens is 497 g/mol. The quantitative estimate of drug-likeness (QED) is 0.329. The molecule has 0 saturated heterocycles. The minimum absolute atomic E-state index is 0.109. The number of hydrogen-bond donors (Lipinski definition) is 2. The molecule has 1 heterocycles. The fourth-order valence-electron chi connectivity index (χ4n) is 4.30. The van der Waals surface area contributed by atoms with Gasteiger partial charge in [0.15, 0.2) is 9.84 Å². The number of ether oxygens (including phenoxy) is 2. The molecule has 0 bridgehead atoms. The van der Waals surface area contributed by atoms with Crippen molar-refractivity contribution in [2.24, 2.45) is 0 Å². The Morgan fingerprint density at radius 3 is 2.24 bits per heavy atom. The van der Waals surface area contributed by atoms with Crippen LogP contribution in [0.1, 0.15) is 11.3 Å². The summed E-state index contributed by atoms with van der Waals surface area (Å²) in [6, 6.07) is 17.9. The average molecular weight is 526 g/mol. The molecule has 3 aromatic carbocycles. The van der Waals surface area contributed by atoms with Gasteiger partial charge in [-0.05, 0) is 42.8 Å². The van der Waals surface area contributed by atoms with Gasteiger partial charge in [-0.2, -0.15) is 0 Å². The molecule has 0 fully saturated rings. The number of amides is 2. The van der Waals surface area contributed by atoms with Crippen molar-refractivity contribution in [1.82, 2.24) is 9.88 Å². The van der Waals surface area contributed by atoms with Crippen molar-refractivity contribution < 1.29 is 27.1 Å². The van der Waals surface area contributed by atoms with E-state index in [9.17, 15) is 17.6 Å². The monoisotopic (exact) mass is 525 g/mol. The van der Waals surface area contributed by atoms with Gasteiger partial charge in [-0.3, -0.25) is 0 Å². The number of methoxy groups -OCH3 is 2. The smallest absolute Gasteiger partial charge is 0.319 e. The number of rotatable bonds is 9. The van der Waals surface area contributed by atoms with Crippen molar-refractivity contribution in [3.8, 4) is 11.5 Å². The predicted octanol–water partition coefficient (Wildman–Crippen LogP) is 4.75. The van der Waals surface area contributed by atoms with Crippen LogP contribution in [-0.2, 0) is 16.4 Å². The number of nitrogens with zero attached hydrogens (tertiary/aromatic N) is 1. The number of sulfone groups is 1. The van der Waals surface area contributed by atoms with Crippen LogP contribution >= 0.6 is 0 Å². The molecule has 37 heavy (non-hydrogen) atoms. The molecular formula is C27H28FN3O5S. The zero-order valence-corrected chi connectivity index (χ0v) is 21.6. The molecule has 2 N–H and O–H groups in total. The van der Waals surface area contributed by atoms with E-state index >= 15 is 0 Å². The Hall–Kier alpha value is -4.05. The van der Waals surface area contributed by atoms with E-state index in [4.69, 9.17) is 9.47 Å². The lowest BCUT2D eigenvalue weighted by atomic mass is 10.2. The van der Waals surface area contributed by atoms with Gasteiger partial charge in [-0.15, -0.1) is 0 Å². The Bertz CT molecular complexity index is 1510. The van der Waals surface area contributed by atoms with E-state index < -0.39 is 15.9 Å². The minimum Gasteiger partial charge on any atom is -0.494 e. The molecule has 0 radical (unpaired) electrons. The first-order chi connectivity index (χ1) is 17.7. The Morgan fingerprint density at radius 1 is 0.946 bits per heavy atom. The van der Waals surface area contributed by atoms with Crippen molar-refractivity contribution >= 4 is 32.5 Å². The number of hydrogen-bond acceptors (Lipinski definition) is 5. The number of fused-ring (bicyclic) bond motifs is 1. The van der Waals surface area contributed by atoms with Crippen LogP contribution in [0.2, 0.25) is 0 Å². The Morgan fingerprint density at radius 2 is 1.59 bits per heavy atom. The summed E-state index contributed by atoms with van der Waals surface area (Å²) in [6.07, 6.45) is 0. The van der Waals surface area contributed by atoms with Crippen molar-refractivity contribution in [2.75, 3.05) is 31.8 Å². The molecule has 0 unspecified atom stereocenters. The number of urea groups is 1. The van der Waals surface area contributed by atoms with Crippen LogP contribution in [0.3, 0.4) is 0 Å². The third-order valence-corrected chi connectivity index (χ3v) is 7.94. The molecule has 194 valence electrons. The number of halogens is 1. The first kappa shape index (κ1) is 26.0. The summed E-state index contributed by atoms with van der Waals surface area (Å²) in [5, 5.41) is 5.86. The second-order valence-corrected chi connectivity index (χ2v) is 10.4. The second kappa shape index (κ2) is 10.9. The number of para-hydroxylation sites is 2. The molecule has 8 nitrogen and oxygen atoms in total. The zero-order valence-electron chi connectivity index (χ0n) is 20.7. The number of carbonyl (C=O) groups excluding carboxylic acids is 1. The number of nitrogens with one attached hydrogen (secondary N) is 2. The lowest BCUT2D eigenvalue weighted by Crippen LogP contribution is -2.33. The Labute approximate surface area is 214 Å². The summed E-state index contributed by atoms with van der Waals surface area (Å²) in [7, 11) is -0.820. The van der Waals surface area contributed by atoms with E-state index in [1.807, 2.05) is 16.7 Å². The molecule has 10 heteroatoms. The van der Waals surface area contributed by atoms with Crippen LogP contribution in [0.25, 0.3) is 10.9 Å². The van der Waals surface area contributed by atoms with Crippen molar-refractivity contribution in [3.63, 3.8) is 0 Å². The molecule has 4 rings (SSSR count). The lowest BCUT2D eigenvalue weighted by molar-refractivity contribution is 0.252. The van der Waals surface area contributed by atoms with Gasteiger partial charge in [0.2, 0.25) is 0 Å². The highest BCUT2D eigenvalue weighted by molar-refractivity contribution is 7.91.